The van der Waals surface area contributed by atoms with Crippen molar-refractivity contribution in [1.82, 2.24) is 10.2 Å². The Labute approximate surface area is 114 Å². The van der Waals surface area contributed by atoms with E-state index in [9.17, 15) is 0 Å². The van der Waals surface area contributed by atoms with E-state index in [-0.39, 0.29) is 0 Å². The zero-order valence-electron chi connectivity index (χ0n) is 9.77. The van der Waals surface area contributed by atoms with Gasteiger partial charge in [-0.1, -0.05) is 53.2 Å². The van der Waals surface area contributed by atoms with Crippen molar-refractivity contribution in [1.29, 1.82) is 0 Å². The SMILES string of the molecule is CCC(Br)c1nnc(CCc2ccccc2)s1. The summed E-state index contributed by atoms with van der Waals surface area (Å²) in [4.78, 5) is 0.352. The summed E-state index contributed by atoms with van der Waals surface area (Å²) >= 11 is 5.32. The topological polar surface area (TPSA) is 25.8 Å². The zero-order chi connectivity index (χ0) is 12.1. The van der Waals surface area contributed by atoms with Crippen LogP contribution < -0.4 is 0 Å². The lowest BCUT2D eigenvalue weighted by atomic mass is 10.1. The van der Waals surface area contributed by atoms with Crippen LogP contribution in [0.5, 0.6) is 0 Å². The molecule has 2 nitrogen and oxygen atoms in total. The average Bonchev–Trinajstić information content (AvgIpc) is 2.85. The summed E-state index contributed by atoms with van der Waals surface area (Å²) in [6, 6.07) is 10.5. The second-order valence-electron chi connectivity index (χ2n) is 3.90. The summed E-state index contributed by atoms with van der Waals surface area (Å²) in [6.07, 6.45) is 3.06. The quantitative estimate of drug-likeness (QED) is 0.775. The average molecular weight is 311 g/mol. The third-order valence-electron chi connectivity index (χ3n) is 2.58. The molecule has 1 heterocycles. The molecule has 0 spiro atoms. The van der Waals surface area contributed by atoms with Gasteiger partial charge < -0.3 is 0 Å². The molecule has 0 aliphatic carbocycles. The van der Waals surface area contributed by atoms with Crippen LogP contribution in [-0.4, -0.2) is 10.2 Å². The lowest BCUT2D eigenvalue weighted by Crippen LogP contribution is -1.90. The van der Waals surface area contributed by atoms with Gasteiger partial charge in [0, 0.05) is 6.42 Å². The molecule has 0 aliphatic heterocycles. The fourth-order valence-electron chi connectivity index (χ4n) is 1.56. The number of halogens is 1. The highest BCUT2D eigenvalue weighted by atomic mass is 79.9. The predicted molar refractivity (Wildman–Crippen MR) is 75.7 cm³/mol. The summed E-state index contributed by atoms with van der Waals surface area (Å²) in [6.45, 7) is 2.14. The van der Waals surface area contributed by atoms with Gasteiger partial charge in [-0.25, -0.2) is 0 Å². The largest absolute Gasteiger partial charge is 0.144 e. The van der Waals surface area contributed by atoms with E-state index >= 15 is 0 Å². The van der Waals surface area contributed by atoms with Crippen LogP contribution in [-0.2, 0) is 12.8 Å². The molecule has 1 aromatic carbocycles. The van der Waals surface area contributed by atoms with Gasteiger partial charge in [-0.3, -0.25) is 0 Å². The molecule has 17 heavy (non-hydrogen) atoms. The maximum atomic E-state index is 4.24. The Balaban J connectivity index is 1.94. The minimum absolute atomic E-state index is 0.352. The standard InChI is InChI=1S/C13H15BrN2S/c1-2-11(14)13-16-15-12(17-13)9-8-10-6-4-3-5-7-10/h3-7,11H,2,8-9H2,1H3. The normalized spacial score (nSPS) is 12.6. The summed E-state index contributed by atoms with van der Waals surface area (Å²) in [5, 5.41) is 10.7. The van der Waals surface area contributed by atoms with Gasteiger partial charge in [0.15, 0.2) is 0 Å². The van der Waals surface area contributed by atoms with Crippen molar-refractivity contribution in [3.8, 4) is 0 Å². The Morgan fingerprint density at radius 3 is 2.65 bits per heavy atom. The van der Waals surface area contributed by atoms with E-state index in [1.165, 1.54) is 5.56 Å². The first-order chi connectivity index (χ1) is 8.29. The van der Waals surface area contributed by atoms with Gasteiger partial charge >= 0.3 is 0 Å². The molecule has 1 atom stereocenters. The van der Waals surface area contributed by atoms with Gasteiger partial charge in [0.25, 0.3) is 0 Å². The van der Waals surface area contributed by atoms with Gasteiger partial charge in [0.2, 0.25) is 0 Å². The maximum Gasteiger partial charge on any atom is 0.131 e. The molecule has 0 saturated heterocycles. The molecule has 4 heteroatoms. The molecular weight excluding hydrogens is 296 g/mol. The van der Waals surface area contributed by atoms with Crippen LogP contribution in [0.2, 0.25) is 0 Å². The molecule has 90 valence electrons. The third-order valence-corrected chi connectivity index (χ3v) is 5.06. The highest BCUT2D eigenvalue weighted by Gasteiger charge is 2.11. The lowest BCUT2D eigenvalue weighted by molar-refractivity contribution is 0.848. The highest BCUT2D eigenvalue weighted by molar-refractivity contribution is 9.09. The number of nitrogens with zero attached hydrogens (tertiary/aromatic N) is 2. The minimum Gasteiger partial charge on any atom is -0.144 e. The lowest BCUT2D eigenvalue weighted by Gasteiger charge is -1.98. The van der Waals surface area contributed by atoms with Crippen molar-refractivity contribution in [2.45, 2.75) is 31.0 Å². The third kappa shape index (κ3) is 3.61. The number of benzene rings is 1. The van der Waals surface area contributed by atoms with Crippen LogP contribution in [0, 0.1) is 0 Å². The van der Waals surface area contributed by atoms with Gasteiger partial charge in [-0.15, -0.1) is 21.5 Å². The van der Waals surface area contributed by atoms with Crippen LogP contribution in [0.1, 0.15) is 33.8 Å². The van der Waals surface area contributed by atoms with Crippen molar-refractivity contribution in [2.75, 3.05) is 0 Å². The van der Waals surface area contributed by atoms with Gasteiger partial charge in [-0.05, 0) is 18.4 Å². The first-order valence-corrected chi connectivity index (χ1v) is 7.53. The molecule has 0 aliphatic rings. The Kier molecular flexibility index (Phi) is 4.68. The molecule has 0 radical (unpaired) electrons. The number of rotatable bonds is 5. The molecule has 0 saturated carbocycles. The van der Waals surface area contributed by atoms with Crippen LogP contribution in [0.4, 0.5) is 0 Å². The van der Waals surface area contributed by atoms with E-state index in [2.05, 4.69) is 57.3 Å². The van der Waals surface area contributed by atoms with E-state index in [4.69, 9.17) is 0 Å². The molecule has 2 rings (SSSR count). The number of hydrogen-bond acceptors (Lipinski definition) is 3. The molecule has 0 bridgehead atoms. The number of alkyl halides is 1. The Hall–Kier alpha value is -0.740. The van der Waals surface area contributed by atoms with E-state index in [0.29, 0.717) is 4.83 Å². The maximum absolute atomic E-state index is 4.24. The smallest absolute Gasteiger partial charge is 0.131 e. The van der Waals surface area contributed by atoms with Gasteiger partial charge in [-0.2, -0.15) is 0 Å². The Morgan fingerprint density at radius 1 is 1.18 bits per heavy atom. The molecule has 0 amide bonds. The van der Waals surface area contributed by atoms with Gasteiger partial charge in [0.1, 0.15) is 10.0 Å². The molecular formula is C13H15BrN2S. The highest BCUT2D eigenvalue weighted by Crippen LogP contribution is 2.28. The van der Waals surface area contributed by atoms with Crippen molar-refractivity contribution >= 4 is 27.3 Å². The minimum atomic E-state index is 0.352. The molecule has 2 aromatic rings. The van der Waals surface area contributed by atoms with Crippen molar-refractivity contribution in [3.05, 3.63) is 45.9 Å². The molecule has 1 unspecified atom stereocenters. The molecule has 1 aromatic heterocycles. The fourth-order valence-corrected chi connectivity index (χ4v) is 2.84. The second kappa shape index (κ2) is 6.26. The van der Waals surface area contributed by atoms with Crippen LogP contribution >= 0.6 is 27.3 Å². The summed E-state index contributed by atoms with van der Waals surface area (Å²) in [7, 11) is 0. The fraction of sp³-hybridized carbons (Fsp3) is 0.385. The van der Waals surface area contributed by atoms with Gasteiger partial charge in [0.05, 0.1) is 4.83 Å². The van der Waals surface area contributed by atoms with E-state index in [1.807, 2.05) is 6.07 Å². The monoisotopic (exact) mass is 310 g/mol. The van der Waals surface area contributed by atoms with Crippen LogP contribution in [0.3, 0.4) is 0 Å². The van der Waals surface area contributed by atoms with E-state index in [0.717, 1.165) is 29.3 Å². The van der Waals surface area contributed by atoms with Crippen LogP contribution in [0.25, 0.3) is 0 Å². The Morgan fingerprint density at radius 2 is 1.94 bits per heavy atom. The van der Waals surface area contributed by atoms with E-state index in [1.54, 1.807) is 11.3 Å². The first-order valence-electron chi connectivity index (χ1n) is 5.80. The van der Waals surface area contributed by atoms with Crippen molar-refractivity contribution in [3.63, 3.8) is 0 Å². The summed E-state index contributed by atoms with van der Waals surface area (Å²) < 4.78 is 0. The van der Waals surface area contributed by atoms with Crippen molar-refractivity contribution in [2.24, 2.45) is 0 Å². The molecule has 0 N–H and O–H groups in total. The second-order valence-corrected chi connectivity index (χ2v) is 6.09. The predicted octanol–water partition coefficient (Wildman–Crippen LogP) is 4.17. The first kappa shape index (κ1) is 12.7. The summed E-state index contributed by atoms with van der Waals surface area (Å²) in [5.74, 6) is 0. The summed E-state index contributed by atoms with van der Waals surface area (Å²) in [5.41, 5.74) is 1.36. The number of hydrogen-bond donors (Lipinski definition) is 0. The molecule has 0 fully saturated rings. The Bertz CT molecular complexity index is 455. The number of aromatic nitrogens is 2. The van der Waals surface area contributed by atoms with Crippen molar-refractivity contribution < 1.29 is 0 Å². The van der Waals surface area contributed by atoms with Crippen LogP contribution in [0.15, 0.2) is 30.3 Å². The zero-order valence-corrected chi connectivity index (χ0v) is 12.2. The number of aryl methyl sites for hydroxylation is 2. The van der Waals surface area contributed by atoms with E-state index < -0.39 is 0 Å².